The quantitative estimate of drug-likeness (QED) is 0.261. The van der Waals surface area contributed by atoms with Gasteiger partial charge in [-0.15, -0.1) is 0 Å². The second kappa shape index (κ2) is 13.6. The zero-order chi connectivity index (χ0) is 39.5. The summed E-state index contributed by atoms with van der Waals surface area (Å²) in [5.41, 5.74) is -0.00815. The lowest BCUT2D eigenvalue weighted by molar-refractivity contribution is -0.249. The molecule has 2 heterocycles. The van der Waals surface area contributed by atoms with Crippen LogP contribution in [0.25, 0.3) is 0 Å². The molecular weight excluding hydrogens is 698 g/mol. The summed E-state index contributed by atoms with van der Waals surface area (Å²) >= 11 is 0. The summed E-state index contributed by atoms with van der Waals surface area (Å²) in [6.45, 7) is 19.8. The van der Waals surface area contributed by atoms with Crippen LogP contribution in [-0.4, -0.2) is 97.4 Å². The zero-order valence-electron chi connectivity index (χ0n) is 35.2. The highest BCUT2D eigenvalue weighted by Gasteiger charge is 2.84. The smallest absolute Gasteiger partial charge is 0.303 e. The fourth-order valence-electron chi connectivity index (χ4n) is 14.9. The number of morpholine rings is 1. The number of fused-ring (bicyclic) bond motifs is 4. The maximum atomic E-state index is 12.7. The van der Waals surface area contributed by atoms with E-state index in [0.717, 1.165) is 62.4 Å². The Hall–Kier alpha value is -1.95. The van der Waals surface area contributed by atoms with Crippen molar-refractivity contribution in [2.75, 3.05) is 33.9 Å². The van der Waals surface area contributed by atoms with E-state index in [-0.39, 0.29) is 57.4 Å². The Bertz CT molecular complexity index is 1630. The molecule has 1 aromatic carbocycles. The largest absolute Gasteiger partial charge is 0.497 e. The maximum absolute atomic E-state index is 12.7. The second-order valence-electron chi connectivity index (χ2n) is 20.6. The molecule has 2 N–H and O–H groups in total. The molecule has 10 heteroatoms. The average molecular weight is 768 g/mol. The summed E-state index contributed by atoms with van der Waals surface area (Å²) < 4.78 is 37.0. The van der Waals surface area contributed by atoms with E-state index >= 15 is 0 Å². The molecule has 2 spiro atoms. The fourth-order valence-corrected chi connectivity index (χ4v) is 14.9. The molecule has 55 heavy (non-hydrogen) atoms. The highest BCUT2D eigenvalue weighted by Crippen LogP contribution is 2.89. The number of aliphatic hydroxyl groups is 2. The normalized spacial score (nSPS) is 45.2. The summed E-state index contributed by atoms with van der Waals surface area (Å²) in [7, 11) is 3.38. The SMILES string of the molecule is COc1ccc(CN2CCOC(OC3CCC45CC46CCC4(C)C7C(OC(C(OC(C)=O)C(C)(C)O)C[C@H]7C)[C@H](O)[C@@]4(C)C6CC[C@H]5C3(C)C)C2)c(OC)c1. The first-order valence-electron chi connectivity index (χ1n) is 21.3. The Morgan fingerprint density at radius 3 is 2.45 bits per heavy atom. The third kappa shape index (κ3) is 5.87. The Labute approximate surface area is 329 Å². The molecule has 0 radical (unpaired) electrons. The van der Waals surface area contributed by atoms with Crippen LogP contribution in [0.5, 0.6) is 11.5 Å². The third-order valence-electron chi connectivity index (χ3n) is 17.4. The lowest BCUT2D eigenvalue weighted by atomic mass is 9.41. The van der Waals surface area contributed by atoms with E-state index in [1.54, 1.807) is 28.1 Å². The van der Waals surface area contributed by atoms with Gasteiger partial charge < -0.3 is 38.6 Å². The summed E-state index contributed by atoms with van der Waals surface area (Å²) in [4.78, 5) is 14.6. The van der Waals surface area contributed by atoms with Crippen molar-refractivity contribution in [1.82, 2.24) is 4.90 Å². The predicted octanol–water partition coefficient (Wildman–Crippen LogP) is 6.76. The van der Waals surface area contributed by atoms with Gasteiger partial charge in [0.05, 0.1) is 50.8 Å². The topological polar surface area (TPSA) is 116 Å². The van der Waals surface area contributed by atoms with E-state index in [2.05, 4.69) is 45.6 Å². The van der Waals surface area contributed by atoms with Crippen molar-refractivity contribution in [2.45, 2.75) is 156 Å². The van der Waals surface area contributed by atoms with E-state index in [9.17, 15) is 15.0 Å². The van der Waals surface area contributed by atoms with Crippen LogP contribution in [0.2, 0.25) is 0 Å². The van der Waals surface area contributed by atoms with Crippen LogP contribution in [-0.2, 0) is 30.3 Å². The summed E-state index contributed by atoms with van der Waals surface area (Å²) in [6, 6.07) is 6.03. The van der Waals surface area contributed by atoms with Crippen LogP contribution in [0.4, 0.5) is 0 Å². The molecule has 10 nitrogen and oxygen atoms in total. The summed E-state index contributed by atoms with van der Waals surface area (Å²) in [5, 5.41) is 23.7. The molecule has 5 saturated carbocycles. The number of hydrogen-bond acceptors (Lipinski definition) is 10. The molecule has 0 bridgehead atoms. The Morgan fingerprint density at radius 1 is 1.04 bits per heavy atom. The van der Waals surface area contributed by atoms with Crippen LogP contribution in [0.15, 0.2) is 18.2 Å². The number of rotatable bonds is 9. The van der Waals surface area contributed by atoms with Crippen molar-refractivity contribution in [1.29, 1.82) is 0 Å². The number of nitrogens with zero attached hydrogens (tertiary/aromatic N) is 1. The van der Waals surface area contributed by atoms with E-state index < -0.39 is 29.9 Å². The van der Waals surface area contributed by atoms with Gasteiger partial charge in [-0.1, -0.05) is 40.7 Å². The van der Waals surface area contributed by atoms with Crippen molar-refractivity contribution < 1.29 is 43.4 Å². The van der Waals surface area contributed by atoms with Gasteiger partial charge >= 0.3 is 5.97 Å². The van der Waals surface area contributed by atoms with Crippen molar-refractivity contribution in [3.63, 3.8) is 0 Å². The molecule has 7 fully saturated rings. The monoisotopic (exact) mass is 767 g/mol. The first-order valence-corrected chi connectivity index (χ1v) is 21.3. The number of benzene rings is 1. The molecule has 14 atom stereocenters. The highest BCUT2D eigenvalue weighted by atomic mass is 16.7. The number of esters is 1. The molecule has 1 aromatic rings. The second-order valence-corrected chi connectivity index (χ2v) is 20.6. The summed E-state index contributed by atoms with van der Waals surface area (Å²) in [6.07, 6.45) is 6.31. The lowest BCUT2D eigenvalue weighted by Gasteiger charge is -2.64. The van der Waals surface area contributed by atoms with Gasteiger partial charge in [-0.25, -0.2) is 0 Å². The lowest BCUT2D eigenvalue weighted by Crippen LogP contribution is -2.60. The van der Waals surface area contributed by atoms with Crippen LogP contribution in [0.3, 0.4) is 0 Å². The predicted molar refractivity (Wildman–Crippen MR) is 207 cm³/mol. The summed E-state index contributed by atoms with van der Waals surface area (Å²) in [5.74, 6) is 2.63. The molecule has 0 aromatic heterocycles. The van der Waals surface area contributed by atoms with Crippen molar-refractivity contribution in [3.05, 3.63) is 23.8 Å². The van der Waals surface area contributed by atoms with Gasteiger partial charge in [0.15, 0.2) is 12.4 Å². The highest BCUT2D eigenvalue weighted by molar-refractivity contribution is 5.66. The van der Waals surface area contributed by atoms with Gasteiger partial charge in [0.1, 0.15) is 11.5 Å². The van der Waals surface area contributed by atoms with Crippen LogP contribution in [0.1, 0.15) is 112 Å². The Morgan fingerprint density at radius 2 is 1.76 bits per heavy atom. The minimum Gasteiger partial charge on any atom is -0.497 e. The first-order chi connectivity index (χ1) is 25.9. The minimum absolute atomic E-state index is 0.00480. The molecule has 0 amide bonds. The third-order valence-corrected chi connectivity index (χ3v) is 17.4. The van der Waals surface area contributed by atoms with Crippen LogP contribution in [0, 0.1) is 50.7 Å². The van der Waals surface area contributed by atoms with Gasteiger partial charge in [-0.05, 0) is 117 Å². The van der Waals surface area contributed by atoms with Gasteiger partial charge in [0.25, 0.3) is 0 Å². The number of carbonyl (C=O) groups is 1. The number of aliphatic hydroxyl groups excluding tert-OH is 1. The molecule has 8 rings (SSSR count). The number of ether oxygens (including phenoxy) is 6. The first kappa shape index (κ1) is 39.9. The van der Waals surface area contributed by atoms with Crippen molar-refractivity contribution in [3.8, 4) is 11.5 Å². The van der Waals surface area contributed by atoms with Crippen molar-refractivity contribution >= 4 is 5.97 Å². The molecular formula is C45H69NO9. The number of carbonyl (C=O) groups excluding carboxylic acids is 1. The standard InChI is InChI=1S/C45H69NO9/c1-26-21-31(39(41(5,6)49)53-27(2)47)54-37-36(26)42(7)17-18-45-25-44(45)16-15-34(40(3,4)32(44)13-14-33(45)43(42,8)38(37)48)55-35-24-46(19-20-52-35)23-28-11-12-29(50-9)22-30(28)51-10/h11-12,22,26,31-39,48-49H,13-21,23-25H2,1-10H3/t26-,31?,32+,33?,34?,35?,36?,37?,38+,39?,42?,43-,44?,45?/m1/s1. The van der Waals surface area contributed by atoms with Crippen LogP contribution >= 0.6 is 0 Å². The van der Waals surface area contributed by atoms with E-state index in [1.165, 1.54) is 26.2 Å². The number of hydrogen-bond donors (Lipinski definition) is 2. The number of methoxy groups -OCH3 is 2. The van der Waals surface area contributed by atoms with Crippen molar-refractivity contribution in [2.24, 2.45) is 50.7 Å². The van der Waals surface area contributed by atoms with E-state index in [0.29, 0.717) is 24.9 Å². The molecule has 308 valence electrons. The minimum atomic E-state index is -1.26. The van der Waals surface area contributed by atoms with Crippen LogP contribution < -0.4 is 9.47 Å². The molecule has 2 saturated heterocycles. The van der Waals surface area contributed by atoms with Gasteiger partial charge in [-0.2, -0.15) is 0 Å². The maximum Gasteiger partial charge on any atom is 0.303 e. The average Bonchev–Trinajstić information content (AvgIpc) is 3.76. The Balaban J connectivity index is 0.981. The molecule has 2 aliphatic heterocycles. The Kier molecular flexibility index (Phi) is 9.82. The zero-order valence-corrected chi connectivity index (χ0v) is 35.2. The van der Waals surface area contributed by atoms with Gasteiger partial charge in [0.2, 0.25) is 0 Å². The van der Waals surface area contributed by atoms with E-state index in [4.69, 9.17) is 28.4 Å². The van der Waals surface area contributed by atoms with Gasteiger partial charge in [-0.3, -0.25) is 9.69 Å². The molecule has 10 unspecified atom stereocenters. The molecule has 7 aliphatic rings. The van der Waals surface area contributed by atoms with Gasteiger partial charge in [0, 0.05) is 43.6 Å². The van der Waals surface area contributed by atoms with E-state index in [1.807, 2.05) is 12.1 Å². The molecule has 5 aliphatic carbocycles. The fraction of sp³-hybridized carbons (Fsp3) is 0.844.